The summed E-state index contributed by atoms with van der Waals surface area (Å²) in [5, 5.41) is 2.20. The van der Waals surface area contributed by atoms with Crippen LogP contribution in [0.1, 0.15) is 25.6 Å². The van der Waals surface area contributed by atoms with E-state index in [1.165, 1.54) is 13.1 Å². The van der Waals surface area contributed by atoms with Crippen LogP contribution in [0.2, 0.25) is 0 Å². The molecule has 1 aromatic rings. The highest BCUT2D eigenvalue weighted by atomic mass is 19.4. The Balaban J connectivity index is 2.78. The molecule has 0 aliphatic rings. The summed E-state index contributed by atoms with van der Waals surface area (Å²) in [5.74, 6) is -1.28. The van der Waals surface area contributed by atoms with Crippen LogP contribution in [0.3, 0.4) is 0 Å². The molecule has 100 valence electrons. The third-order valence-corrected chi connectivity index (χ3v) is 2.54. The van der Waals surface area contributed by atoms with E-state index >= 15 is 0 Å². The molecule has 3 N–H and O–H groups in total. The van der Waals surface area contributed by atoms with Gasteiger partial charge in [0, 0.05) is 6.20 Å². The molecule has 2 atom stereocenters. The summed E-state index contributed by atoms with van der Waals surface area (Å²) >= 11 is 0. The largest absolute Gasteiger partial charge is 0.415 e. The van der Waals surface area contributed by atoms with Crippen molar-refractivity contribution < 1.29 is 18.0 Å². The summed E-state index contributed by atoms with van der Waals surface area (Å²) < 4.78 is 37.6. The van der Waals surface area contributed by atoms with Crippen LogP contribution in [0.25, 0.3) is 0 Å². The Morgan fingerprint density at radius 2 is 2.06 bits per heavy atom. The number of nitrogens with one attached hydrogen (secondary N) is 1. The monoisotopic (exact) mass is 261 g/mol. The van der Waals surface area contributed by atoms with Gasteiger partial charge in [-0.3, -0.25) is 9.78 Å². The van der Waals surface area contributed by atoms with Gasteiger partial charge in [0.2, 0.25) is 5.91 Å². The highest BCUT2D eigenvalue weighted by Crippen LogP contribution is 2.28. The average Bonchev–Trinajstić information content (AvgIpc) is 2.28. The minimum atomic E-state index is -4.80. The number of carbonyl (C=O) groups excluding carboxylic acids is 1. The topological polar surface area (TPSA) is 68.0 Å². The van der Waals surface area contributed by atoms with E-state index in [9.17, 15) is 18.0 Å². The molecule has 1 unspecified atom stereocenters. The molecule has 0 spiro atoms. The first-order valence-corrected chi connectivity index (χ1v) is 5.23. The van der Waals surface area contributed by atoms with Crippen LogP contribution in [0, 0.1) is 0 Å². The van der Waals surface area contributed by atoms with Gasteiger partial charge in [0.25, 0.3) is 0 Å². The number of aromatic nitrogens is 1. The van der Waals surface area contributed by atoms with Crippen molar-refractivity contribution in [2.45, 2.75) is 31.6 Å². The van der Waals surface area contributed by atoms with Gasteiger partial charge in [-0.2, -0.15) is 13.2 Å². The molecule has 18 heavy (non-hydrogen) atoms. The van der Waals surface area contributed by atoms with Crippen molar-refractivity contribution in [1.82, 2.24) is 10.3 Å². The van der Waals surface area contributed by atoms with Gasteiger partial charge in [-0.1, -0.05) is 6.07 Å². The first-order valence-electron chi connectivity index (χ1n) is 5.23. The number of carbonyl (C=O) groups is 1. The van der Waals surface area contributed by atoms with E-state index in [1.807, 2.05) is 0 Å². The van der Waals surface area contributed by atoms with E-state index in [-0.39, 0.29) is 0 Å². The molecule has 0 saturated carbocycles. The molecule has 1 heterocycles. The van der Waals surface area contributed by atoms with Gasteiger partial charge in [-0.15, -0.1) is 0 Å². The Morgan fingerprint density at radius 1 is 1.44 bits per heavy atom. The second-order valence-electron chi connectivity index (χ2n) is 4.15. The maximum Gasteiger partial charge on any atom is 0.415 e. The number of amides is 1. The van der Waals surface area contributed by atoms with E-state index in [4.69, 9.17) is 5.73 Å². The Kier molecular flexibility index (Phi) is 3.95. The molecule has 1 aromatic heterocycles. The summed E-state index contributed by atoms with van der Waals surface area (Å²) in [6, 6.07) is 4.30. The van der Waals surface area contributed by atoms with Crippen molar-refractivity contribution in [1.29, 1.82) is 0 Å². The average molecular weight is 261 g/mol. The zero-order chi connectivity index (χ0) is 14.0. The summed E-state index contributed by atoms with van der Waals surface area (Å²) in [7, 11) is 0. The molecule has 0 aromatic carbocycles. The number of nitrogens with zero attached hydrogens (tertiary/aromatic N) is 1. The van der Waals surface area contributed by atoms with Gasteiger partial charge >= 0.3 is 6.18 Å². The lowest BCUT2D eigenvalue weighted by Gasteiger charge is -2.27. The molecule has 0 saturated heterocycles. The van der Waals surface area contributed by atoms with Crippen LogP contribution in [0.4, 0.5) is 13.2 Å². The Labute approximate surface area is 102 Å². The highest BCUT2D eigenvalue weighted by molar-refractivity contribution is 5.86. The van der Waals surface area contributed by atoms with Crippen molar-refractivity contribution in [3.05, 3.63) is 30.1 Å². The van der Waals surface area contributed by atoms with Crippen LogP contribution >= 0.6 is 0 Å². The molecular formula is C11H14F3N3O. The van der Waals surface area contributed by atoms with Gasteiger partial charge in [0.05, 0.1) is 11.7 Å². The molecule has 0 aliphatic carbocycles. The number of rotatable bonds is 3. The lowest BCUT2D eigenvalue weighted by Crippen LogP contribution is -2.61. The van der Waals surface area contributed by atoms with Crippen LogP contribution in [0.15, 0.2) is 24.4 Å². The molecular weight excluding hydrogens is 247 g/mol. The zero-order valence-electron chi connectivity index (χ0n) is 9.95. The minimum Gasteiger partial charge on any atom is -0.346 e. The number of pyridine rings is 1. The molecule has 1 amide bonds. The maximum absolute atomic E-state index is 12.5. The Hall–Kier alpha value is -1.63. The van der Waals surface area contributed by atoms with E-state index in [1.54, 1.807) is 18.2 Å². The van der Waals surface area contributed by atoms with E-state index in [0.717, 1.165) is 0 Å². The Morgan fingerprint density at radius 3 is 2.50 bits per heavy atom. The number of alkyl halides is 3. The molecule has 4 nitrogen and oxygen atoms in total. The summed E-state index contributed by atoms with van der Waals surface area (Å²) in [6.45, 7) is 2.17. The molecule has 1 rings (SSSR count). The number of hydrogen-bond acceptors (Lipinski definition) is 3. The molecule has 0 bridgehead atoms. The fourth-order valence-corrected chi connectivity index (χ4v) is 1.18. The van der Waals surface area contributed by atoms with Crippen molar-refractivity contribution in [3.8, 4) is 0 Å². The summed E-state index contributed by atoms with van der Waals surface area (Å²) in [6.07, 6.45) is -3.32. The van der Waals surface area contributed by atoms with Crippen molar-refractivity contribution >= 4 is 5.91 Å². The van der Waals surface area contributed by atoms with Gasteiger partial charge in [0.15, 0.2) is 5.54 Å². The van der Waals surface area contributed by atoms with Crippen LogP contribution < -0.4 is 11.1 Å². The standard InChI is InChI=1S/C11H14F3N3O/c1-7(8-5-3-4-6-16-8)17-9(18)10(2,15)11(12,13)14/h3-7H,15H2,1-2H3,(H,17,18)/t7-,10?/m1/s1. The van der Waals surface area contributed by atoms with Crippen LogP contribution in [-0.4, -0.2) is 22.6 Å². The second-order valence-corrected chi connectivity index (χ2v) is 4.15. The molecule has 0 fully saturated rings. The van der Waals surface area contributed by atoms with Crippen molar-refractivity contribution in [2.75, 3.05) is 0 Å². The zero-order valence-corrected chi connectivity index (χ0v) is 9.95. The number of halogens is 3. The normalized spacial score (nSPS) is 16.8. The predicted octanol–water partition coefficient (Wildman–Crippen LogP) is 1.54. The maximum atomic E-state index is 12.5. The fraction of sp³-hybridized carbons (Fsp3) is 0.455. The van der Waals surface area contributed by atoms with Crippen molar-refractivity contribution in [3.63, 3.8) is 0 Å². The van der Waals surface area contributed by atoms with E-state index in [0.29, 0.717) is 12.6 Å². The predicted molar refractivity (Wildman–Crippen MR) is 59.4 cm³/mol. The second kappa shape index (κ2) is 4.93. The molecule has 0 radical (unpaired) electrons. The Bertz CT molecular complexity index is 417. The smallest absolute Gasteiger partial charge is 0.346 e. The third-order valence-electron chi connectivity index (χ3n) is 2.54. The highest BCUT2D eigenvalue weighted by Gasteiger charge is 2.54. The third kappa shape index (κ3) is 2.98. The SMILES string of the molecule is C[C@@H](NC(=O)C(C)(N)C(F)(F)F)c1ccccn1. The van der Waals surface area contributed by atoms with Crippen molar-refractivity contribution in [2.24, 2.45) is 5.73 Å². The van der Waals surface area contributed by atoms with Gasteiger partial charge < -0.3 is 11.1 Å². The van der Waals surface area contributed by atoms with Gasteiger partial charge in [-0.25, -0.2) is 0 Å². The first-order chi connectivity index (χ1) is 8.16. The quantitative estimate of drug-likeness (QED) is 0.867. The first kappa shape index (κ1) is 14.4. The van der Waals surface area contributed by atoms with Crippen LogP contribution in [0.5, 0.6) is 0 Å². The fourth-order valence-electron chi connectivity index (χ4n) is 1.18. The van der Waals surface area contributed by atoms with Gasteiger partial charge in [-0.05, 0) is 26.0 Å². The molecule has 0 aliphatic heterocycles. The molecule has 7 heteroatoms. The summed E-state index contributed by atoms with van der Waals surface area (Å²) in [5.41, 5.74) is 2.55. The number of nitrogens with two attached hydrogens (primary N) is 1. The van der Waals surface area contributed by atoms with Gasteiger partial charge in [0.1, 0.15) is 0 Å². The lowest BCUT2D eigenvalue weighted by atomic mass is 10.0. The van der Waals surface area contributed by atoms with E-state index in [2.05, 4.69) is 10.3 Å². The van der Waals surface area contributed by atoms with Crippen LogP contribution in [-0.2, 0) is 4.79 Å². The summed E-state index contributed by atoms with van der Waals surface area (Å²) in [4.78, 5) is 15.5. The van der Waals surface area contributed by atoms with E-state index < -0.39 is 23.7 Å². The lowest BCUT2D eigenvalue weighted by molar-refractivity contribution is -0.187. The number of hydrogen-bond donors (Lipinski definition) is 2. The minimum absolute atomic E-state index is 0.462.